The molecule has 1 unspecified atom stereocenters. The zero-order valence-corrected chi connectivity index (χ0v) is 12.8. The van der Waals surface area contributed by atoms with Crippen LogP contribution in [0.3, 0.4) is 0 Å². The van der Waals surface area contributed by atoms with Crippen molar-refractivity contribution in [1.82, 2.24) is 0 Å². The van der Waals surface area contributed by atoms with Crippen LogP contribution in [0, 0.1) is 5.82 Å². The molecule has 23 heavy (non-hydrogen) atoms. The van der Waals surface area contributed by atoms with E-state index in [2.05, 4.69) is 4.99 Å². The van der Waals surface area contributed by atoms with E-state index in [1.54, 1.807) is 17.0 Å². The first-order valence-corrected chi connectivity index (χ1v) is 7.59. The minimum Gasteiger partial charge on any atom is -0.321 e. The summed E-state index contributed by atoms with van der Waals surface area (Å²) in [5, 5.41) is 0. The first-order chi connectivity index (χ1) is 11.2. The summed E-state index contributed by atoms with van der Waals surface area (Å²) in [6.07, 6.45) is 1.41. The number of rotatable bonds is 4. The number of aliphatic imine (C=N–C) groups is 1. The number of benzene rings is 2. The number of anilines is 1. The van der Waals surface area contributed by atoms with Gasteiger partial charge in [-0.2, -0.15) is 0 Å². The van der Waals surface area contributed by atoms with Gasteiger partial charge in [0.25, 0.3) is 0 Å². The summed E-state index contributed by atoms with van der Waals surface area (Å²) in [7, 11) is 0. The lowest BCUT2D eigenvalue weighted by Gasteiger charge is -2.37. The van der Waals surface area contributed by atoms with Gasteiger partial charge in [-0.3, -0.25) is 0 Å². The van der Waals surface area contributed by atoms with Gasteiger partial charge in [-0.05, 0) is 30.7 Å². The van der Waals surface area contributed by atoms with Gasteiger partial charge >= 0.3 is 0 Å². The Balaban J connectivity index is 2.23. The molecule has 0 fully saturated rings. The lowest BCUT2D eigenvalue weighted by Crippen LogP contribution is -2.47. The van der Waals surface area contributed by atoms with Crippen LogP contribution >= 0.6 is 0 Å². The molecule has 3 rings (SSSR count). The minimum atomic E-state index is -0.779. The van der Waals surface area contributed by atoms with Crippen LogP contribution in [-0.4, -0.2) is 18.2 Å². The highest BCUT2D eigenvalue weighted by Crippen LogP contribution is 2.38. The number of hydrogen-bond donors (Lipinski definition) is 1. The summed E-state index contributed by atoms with van der Waals surface area (Å²) in [4.78, 5) is 18.1. The SMILES string of the molecule is CCC(N)C1=Nc2cccc(F)c2[C@@H](C=O)N1c1ccccc1. The van der Waals surface area contributed by atoms with Gasteiger partial charge in [-0.15, -0.1) is 0 Å². The van der Waals surface area contributed by atoms with Gasteiger partial charge < -0.3 is 15.4 Å². The zero-order valence-electron chi connectivity index (χ0n) is 12.8. The molecule has 0 aromatic heterocycles. The van der Waals surface area contributed by atoms with Crippen molar-refractivity contribution in [2.75, 3.05) is 4.90 Å². The molecule has 1 heterocycles. The van der Waals surface area contributed by atoms with Gasteiger partial charge in [0.05, 0.1) is 11.7 Å². The number of fused-ring (bicyclic) bond motifs is 1. The third-order valence-electron chi connectivity index (χ3n) is 4.02. The zero-order chi connectivity index (χ0) is 16.4. The Morgan fingerprint density at radius 2 is 2.00 bits per heavy atom. The van der Waals surface area contributed by atoms with Crippen molar-refractivity contribution in [3.05, 3.63) is 59.9 Å². The molecule has 0 saturated carbocycles. The molecule has 0 saturated heterocycles. The quantitative estimate of drug-likeness (QED) is 0.881. The summed E-state index contributed by atoms with van der Waals surface area (Å²) in [5.74, 6) is 0.141. The topological polar surface area (TPSA) is 58.7 Å². The Labute approximate surface area is 134 Å². The van der Waals surface area contributed by atoms with Crippen molar-refractivity contribution in [3.8, 4) is 0 Å². The third-order valence-corrected chi connectivity index (χ3v) is 4.02. The van der Waals surface area contributed by atoms with Gasteiger partial charge in [-0.25, -0.2) is 9.38 Å². The summed E-state index contributed by atoms with van der Waals surface area (Å²) in [6, 6.07) is 12.9. The van der Waals surface area contributed by atoms with E-state index in [9.17, 15) is 9.18 Å². The average Bonchev–Trinajstić information content (AvgIpc) is 2.60. The van der Waals surface area contributed by atoms with Crippen LogP contribution < -0.4 is 10.6 Å². The molecule has 0 bridgehead atoms. The Kier molecular flexibility index (Phi) is 4.21. The lowest BCUT2D eigenvalue weighted by molar-refractivity contribution is -0.109. The smallest absolute Gasteiger partial charge is 0.147 e. The molecule has 1 aliphatic rings. The molecular formula is C18H18FN3O. The molecule has 1 aliphatic heterocycles. The van der Waals surface area contributed by atoms with E-state index in [-0.39, 0.29) is 6.04 Å². The molecule has 4 nitrogen and oxygen atoms in total. The van der Waals surface area contributed by atoms with Gasteiger partial charge in [0.1, 0.15) is 24.0 Å². The van der Waals surface area contributed by atoms with Crippen molar-refractivity contribution in [3.63, 3.8) is 0 Å². The number of amidine groups is 1. The second-order valence-electron chi connectivity index (χ2n) is 5.44. The molecule has 0 spiro atoms. The van der Waals surface area contributed by atoms with Crippen LogP contribution in [0.15, 0.2) is 53.5 Å². The second-order valence-corrected chi connectivity index (χ2v) is 5.44. The minimum absolute atomic E-state index is 0.290. The highest BCUT2D eigenvalue weighted by atomic mass is 19.1. The first-order valence-electron chi connectivity index (χ1n) is 7.59. The number of aldehydes is 1. The Bertz CT molecular complexity index is 745. The largest absolute Gasteiger partial charge is 0.321 e. The molecule has 0 amide bonds. The molecule has 0 aliphatic carbocycles. The Morgan fingerprint density at radius 1 is 1.26 bits per heavy atom. The highest BCUT2D eigenvalue weighted by molar-refractivity contribution is 6.07. The predicted molar refractivity (Wildman–Crippen MR) is 89.5 cm³/mol. The summed E-state index contributed by atoms with van der Waals surface area (Å²) in [6.45, 7) is 1.95. The van der Waals surface area contributed by atoms with Crippen molar-refractivity contribution in [1.29, 1.82) is 0 Å². The maximum Gasteiger partial charge on any atom is 0.147 e. The second kappa shape index (κ2) is 6.30. The number of nitrogens with two attached hydrogens (primary N) is 1. The predicted octanol–water partition coefficient (Wildman–Crippen LogP) is 3.35. The maximum atomic E-state index is 14.3. The van der Waals surface area contributed by atoms with Crippen LogP contribution in [0.1, 0.15) is 24.9 Å². The normalized spacial score (nSPS) is 18.1. The van der Waals surface area contributed by atoms with Gasteiger partial charge in [0.15, 0.2) is 0 Å². The lowest BCUT2D eigenvalue weighted by atomic mass is 9.98. The first kappa shape index (κ1) is 15.4. The fraction of sp³-hybridized carbons (Fsp3) is 0.222. The van der Waals surface area contributed by atoms with Gasteiger partial charge in [-0.1, -0.05) is 31.2 Å². The number of para-hydroxylation sites is 1. The number of hydrogen-bond acceptors (Lipinski definition) is 4. The maximum absolute atomic E-state index is 14.3. The van der Waals surface area contributed by atoms with Crippen molar-refractivity contribution in [2.24, 2.45) is 10.7 Å². The van der Waals surface area contributed by atoms with Crippen molar-refractivity contribution in [2.45, 2.75) is 25.4 Å². The number of carbonyl (C=O) groups excluding carboxylic acids is 1. The Hall–Kier alpha value is -2.53. The van der Waals surface area contributed by atoms with Crippen LogP contribution in [0.5, 0.6) is 0 Å². The van der Waals surface area contributed by atoms with Crippen molar-refractivity contribution >= 4 is 23.5 Å². The summed E-state index contributed by atoms with van der Waals surface area (Å²) in [5.41, 5.74) is 7.73. The molecule has 2 N–H and O–H groups in total. The third kappa shape index (κ3) is 2.64. The van der Waals surface area contributed by atoms with Crippen LogP contribution in [-0.2, 0) is 4.79 Å². The Morgan fingerprint density at radius 3 is 2.65 bits per heavy atom. The van der Waals surface area contributed by atoms with E-state index in [4.69, 9.17) is 5.73 Å². The van der Waals surface area contributed by atoms with E-state index in [0.717, 1.165) is 12.0 Å². The van der Waals surface area contributed by atoms with Gasteiger partial charge in [0.2, 0.25) is 0 Å². The molecule has 118 valence electrons. The van der Waals surface area contributed by atoms with E-state index in [1.165, 1.54) is 6.07 Å². The van der Waals surface area contributed by atoms with Crippen LogP contribution in [0.25, 0.3) is 0 Å². The summed E-state index contributed by atoms with van der Waals surface area (Å²) < 4.78 is 14.3. The van der Waals surface area contributed by atoms with Crippen molar-refractivity contribution < 1.29 is 9.18 Å². The number of nitrogens with zero attached hydrogens (tertiary/aromatic N) is 2. The van der Waals surface area contributed by atoms with E-state index < -0.39 is 11.9 Å². The molecule has 2 aromatic rings. The van der Waals surface area contributed by atoms with Gasteiger partial charge in [0, 0.05) is 11.3 Å². The van der Waals surface area contributed by atoms with E-state index in [0.29, 0.717) is 23.5 Å². The molecule has 2 atom stereocenters. The average molecular weight is 311 g/mol. The highest BCUT2D eigenvalue weighted by Gasteiger charge is 2.34. The van der Waals surface area contributed by atoms with Crippen LogP contribution in [0.2, 0.25) is 0 Å². The fourth-order valence-corrected chi connectivity index (χ4v) is 2.82. The van der Waals surface area contributed by atoms with E-state index >= 15 is 0 Å². The van der Waals surface area contributed by atoms with E-state index in [1.807, 2.05) is 37.3 Å². The molecule has 5 heteroatoms. The number of halogens is 1. The molecule has 0 radical (unpaired) electrons. The molecule has 2 aromatic carbocycles. The fourth-order valence-electron chi connectivity index (χ4n) is 2.82. The number of carbonyl (C=O) groups is 1. The monoisotopic (exact) mass is 311 g/mol. The molecular weight excluding hydrogens is 293 g/mol. The summed E-state index contributed by atoms with van der Waals surface area (Å²) >= 11 is 0. The standard InChI is InChI=1S/C18H18FN3O/c1-2-14(20)18-21-15-10-6-9-13(19)17(15)16(11-23)22(18)12-7-4-3-5-8-12/h3-11,14,16H,2,20H2,1H3/t14?,16-/m1/s1. The van der Waals surface area contributed by atoms with Crippen LogP contribution in [0.4, 0.5) is 15.8 Å².